The number of ether oxygens (including phenoxy) is 3. The Morgan fingerprint density at radius 1 is 0.656 bits per heavy atom. The molecule has 16 nitrogen and oxygen atoms in total. The molecule has 4 amide bonds. The third-order valence-corrected chi connectivity index (χ3v) is 12.1. The molecule has 0 saturated carbocycles. The van der Waals surface area contributed by atoms with Crippen molar-refractivity contribution in [2.45, 2.75) is 250 Å². The fourth-order valence-corrected chi connectivity index (χ4v) is 8.21. The fraction of sp³-hybridized carbons (Fsp3) is 0.875. The lowest BCUT2D eigenvalue weighted by Gasteiger charge is -2.42. The van der Waals surface area contributed by atoms with Gasteiger partial charge >= 0.3 is 11.9 Å². The van der Waals surface area contributed by atoms with Crippen molar-refractivity contribution < 1.29 is 58.3 Å². The molecule has 8 N–H and O–H groups in total. The standard InChI is InChI=1S/C48H88N4O12/c1-5-8-10-12-14-16-18-20-22-24-26-28-30-36(31-29-27-25-23-21-19-17-15-13-11-9-6-2)47(60)63-33-39-43(57)44(42(48(61)64-39)50-35(4)53)62-34-40(54)51-37(7-3)46(59)52-38(45(49)58)32-41(55)56/h36-39,42-44,48,57,61H,5-34H2,1-4H3,(H2,49,58)(H,50,53)(H,51,54)(H,52,59)(H,55,56)/t37-,38+,39+,42+,43+,44+,48?/m0/s1. The summed E-state index contributed by atoms with van der Waals surface area (Å²) in [5.74, 6) is -5.41. The van der Waals surface area contributed by atoms with Crippen LogP contribution < -0.4 is 21.7 Å². The number of carboxylic acid groups (broad SMARTS) is 1. The quantitative estimate of drug-likeness (QED) is 0.0253. The number of hydrogen-bond donors (Lipinski definition) is 7. The van der Waals surface area contributed by atoms with E-state index in [1.165, 1.54) is 122 Å². The average molecular weight is 913 g/mol. The van der Waals surface area contributed by atoms with Crippen LogP contribution in [0.4, 0.5) is 0 Å². The summed E-state index contributed by atoms with van der Waals surface area (Å²) in [6, 6.07) is -4.02. The van der Waals surface area contributed by atoms with Crippen molar-refractivity contribution in [1.29, 1.82) is 0 Å². The number of hydrogen-bond acceptors (Lipinski definition) is 11. The maximum atomic E-state index is 13.6. The second-order valence-electron chi connectivity index (χ2n) is 17.8. The number of esters is 1. The van der Waals surface area contributed by atoms with Crippen LogP contribution >= 0.6 is 0 Å². The molecule has 1 aliphatic rings. The average Bonchev–Trinajstić information content (AvgIpc) is 3.25. The minimum absolute atomic E-state index is 0.0519. The van der Waals surface area contributed by atoms with Gasteiger partial charge in [0.05, 0.1) is 12.3 Å². The Bertz CT molecular complexity index is 1280. The number of carboxylic acids is 1. The van der Waals surface area contributed by atoms with Gasteiger partial charge in [0.25, 0.3) is 0 Å². The fourth-order valence-electron chi connectivity index (χ4n) is 8.21. The number of carbonyl (C=O) groups excluding carboxylic acids is 5. The summed E-state index contributed by atoms with van der Waals surface area (Å²) in [7, 11) is 0. The lowest BCUT2D eigenvalue weighted by atomic mass is 9.93. The maximum absolute atomic E-state index is 13.6. The van der Waals surface area contributed by atoms with Gasteiger partial charge in [0.2, 0.25) is 23.6 Å². The van der Waals surface area contributed by atoms with Crippen LogP contribution in [0, 0.1) is 5.92 Å². The summed E-state index contributed by atoms with van der Waals surface area (Å²) in [5.41, 5.74) is 5.22. The molecule has 0 aromatic heterocycles. The van der Waals surface area contributed by atoms with Crippen molar-refractivity contribution in [3.63, 3.8) is 0 Å². The Labute approximate surface area is 384 Å². The van der Waals surface area contributed by atoms with E-state index in [1.54, 1.807) is 6.92 Å². The van der Waals surface area contributed by atoms with Gasteiger partial charge in [-0.15, -0.1) is 0 Å². The van der Waals surface area contributed by atoms with Crippen LogP contribution in [0.15, 0.2) is 0 Å². The molecular weight excluding hydrogens is 825 g/mol. The van der Waals surface area contributed by atoms with Gasteiger partial charge in [-0.25, -0.2) is 0 Å². The summed E-state index contributed by atoms with van der Waals surface area (Å²) in [6.07, 6.45) is 24.0. The minimum Gasteiger partial charge on any atom is -0.481 e. The van der Waals surface area contributed by atoms with Gasteiger partial charge in [-0.3, -0.25) is 28.8 Å². The Kier molecular flexibility index (Phi) is 33.8. The summed E-state index contributed by atoms with van der Waals surface area (Å²) >= 11 is 0. The number of primary amides is 1. The van der Waals surface area contributed by atoms with E-state index in [0.717, 1.165) is 38.5 Å². The van der Waals surface area contributed by atoms with Crippen LogP contribution in [0.3, 0.4) is 0 Å². The molecule has 0 bridgehead atoms. The first-order valence-electron chi connectivity index (χ1n) is 24.9. The van der Waals surface area contributed by atoms with Gasteiger partial charge in [0.1, 0.15) is 49.7 Å². The van der Waals surface area contributed by atoms with Gasteiger partial charge < -0.3 is 51.2 Å². The molecule has 0 radical (unpaired) electrons. The van der Waals surface area contributed by atoms with Crippen molar-refractivity contribution in [2.75, 3.05) is 13.2 Å². The predicted octanol–water partition coefficient (Wildman–Crippen LogP) is 6.64. The molecule has 1 aliphatic heterocycles. The third kappa shape index (κ3) is 27.2. The van der Waals surface area contributed by atoms with Crippen molar-refractivity contribution in [1.82, 2.24) is 16.0 Å². The lowest BCUT2D eigenvalue weighted by Crippen LogP contribution is -2.65. The van der Waals surface area contributed by atoms with Crippen LogP contribution in [0.1, 0.15) is 207 Å². The van der Waals surface area contributed by atoms with E-state index in [-0.39, 0.29) is 12.3 Å². The molecule has 0 aliphatic carbocycles. The molecule has 1 rings (SSSR count). The number of aliphatic hydroxyl groups excluding tert-OH is 2. The van der Waals surface area contributed by atoms with E-state index >= 15 is 0 Å². The number of amides is 4. The topological polar surface area (TPSA) is 253 Å². The number of nitrogens with one attached hydrogen (secondary N) is 3. The zero-order chi connectivity index (χ0) is 47.5. The smallest absolute Gasteiger partial charge is 0.309 e. The number of carbonyl (C=O) groups is 6. The first kappa shape index (κ1) is 58.7. The lowest BCUT2D eigenvalue weighted by molar-refractivity contribution is -0.263. The predicted molar refractivity (Wildman–Crippen MR) is 246 cm³/mol. The van der Waals surface area contributed by atoms with Crippen LogP contribution in [0.25, 0.3) is 0 Å². The Morgan fingerprint density at radius 3 is 1.52 bits per heavy atom. The van der Waals surface area contributed by atoms with Crippen LogP contribution in [-0.2, 0) is 43.0 Å². The maximum Gasteiger partial charge on any atom is 0.309 e. The van der Waals surface area contributed by atoms with E-state index < -0.39 is 97.9 Å². The Hall–Kier alpha value is -3.34. The molecule has 0 spiro atoms. The number of aliphatic hydroxyl groups is 2. The first-order valence-corrected chi connectivity index (χ1v) is 24.9. The number of nitrogens with two attached hydrogens (primary N) is 1. The SMILES string of the molecule is CCCCCCCCCCCCCCC(CCCCCCCCCCCCCC)C(=O)OC[C@H]1OC(O)[C@H](NC(C)=O)[C@@H](OCC(=O)N[C@@H](CC)C(=O)N[C@H](CC(=O)O)C(N)=O)[C@@H]1O. The van der Waals surface area contributed by atoms with E-state index in [2.05, 4.69) is 29.8 Å². The molecule has 1 saturated heterocycles. The van der Waals surface area contributed by atoms with Crippen molar-refractivity contribution >= 4 is 35.6 Å². The second-order valence-corrected chi connectivity index (χ2v) is 17.8. The second kappa shape index (κ2) is 36.8. The zero-order valence-electron chi connectivity index (χ0n) is 39.9. The van der Waals surface area contributed by atoms with Gasteiger partial charge in [-0.05, 0) is 19.3 Å². The molecule has 64 heavy (non-hydrogen) atoms. The molecule has 16 heteroatoms. The number of unbranched alkanes of at least 4 members (excludes halogenated alkanes) is 22. The molecule has 1 fully saturated rings. The Balaban J connectivity index is 2.83. The molecule has 1 unspecified atom stereocenters. The first-order chi connectivity index (χ1) is 30.7. The molecule has 0 aromatic carbocycles. The molecule has 7 atom stereocenters. The monoisotopic (exact) mass is 913 g/mol. The van der Waals surface area contributed by atoms with E-state index in [0.29, 0.717) is 12.8 Å². The third-order valence-electron chi connectivity index (χ3n) is 12.1. The normalized spacial score (nSPS) is 19.5. The molecule has 0 aromatic rings. The highest BCUT2D eigenvalue weighted by Gasteiger charge is 2.47. The van der Waals surface area contributed by atoms with Crippen LogP contribution in [-0.4, -0.2) is 107 Å². The summed E-state index contributed by atoms with van der Waals surface area (Å²) in [6.45, 7) is 6.09. The summed E-state index contributed by atoms with van der Waals surface area (Å²) in [4.78, 5) is 74.2. The van der Waals surface area contributed by atoms with Crippen LogP contribution in [0.2, 0.25) is 0 Å². The highest BCUT2D eigenvalue weighted by Crippen LogP contribution is 2.26. The Morgan fingerprint density at radius 2 is 1.11 bits per heavy atom. The van der Waals surface area contributed by atoms with E-state index in [1.807, 2.05) is 0 Å². The highest BCUT2D eigenvalue weighted by atomic mass is 16.6. The van der Waals surface area contributed by atoms with Crippen molar-refractivity contribution in [3.8, 4) is 0 Å². The van der Waals surface area contributed by atoms with Gasteiger partial charge in [0, 0.05) is 6.92 Å². The largest absolute Gasteiger partial charge is 0.481 e. The van der Waals surface area contributed by atoms with Gasteiger partial charge in [0.15, 0.2) is 6.29 Å². The van der Waals surface area contributed by atoms with E-state index in [9.17, 15) is 39.0 Å². The van der Waals surface area contributed by atoms with Crippen molar-refractivity contribution in [2.24, 2.45) is 11.7 Å². The van der Waals surface area contributed by atoms with Crippen molar-refractivity contribution in [3.05, 3.63) is 0 Å². The summed E-state index contributed by atoms with van der Waals surface area (Å²) < 4.78 is 17.1. The number of aliphatic carboxylic acids is 1. The van der Waals surface area contributed by atoms with E-state index in [4.69, 9.17) is 25.1 Å². The van der Waals surface area contributed by atoms with Gasteiger partial charge in [-0.1, -0.05) is 175 Å². The zero-order valence-corrected chi connectivity index (χ0v) is 39.9. The summed E-state index contributed by atoms with van der Waals surface area (Å²) in [5, 5.41) is 38.5. The van der Waals surface area contributed by atoms with Crippen LogP contribution in [0.5, 0.6) is 0 Å². The minimum atomic E-state index is -1.70. The number of rotatable bonds is 40. The molecular formula is C48H88N4O12. The molecule has 372 valence electrons. The van der Waals surface area contributed by atoms with Gasteiger partial charge in [-0.2, -0.15) is 0 Å². The molecule has 1 heterocycles. The highest BCUT2D eigenvalue weighted by molar-refractivity contribution is 5.93.